The van der Waals surface area contributed by atoms with Gasteiger partial charge in [0.15, 0.2) is 5.82 Å². The molecule has 1 aliphatic rings. The lowest BCUT2D eigenvalue weighted by molar-refractivity contribution is -0.120. The molecular weight excluding hydrogens is 369 g/mol. The summed E-state index contributed by atoms with van der Waals surface area (Å²) in [6, 6.07) is 13.6. The number of nitrogens with two attached hydrogens (primary N) is 1. The van der Waals surface area contributed by atoms with Crippen LogP contribution >= 0.6 is 0 Å². The molecule has 0 bridgehead atoms. The van der Waals surface area contributed by atoms with Gasteiger partial charge in [-0.15, -0.1) is 10.2 Å². The molecule has 0 saturated heterocycles. The third-order valence-electron chi connectivity index (χ3n) is 5.43. The number of aryl methyl sites for hydroxylation is 1. The molecule has 6 nitrogen and oxygen atoms in total. The van der Waals surface area contributed by atoms with Gasteiger partial charge in [0.25, 0.3) is 0 Å². The van der Waals surface area contributed by atoms with Crippen LogP contribution < -0.4 is 11.1 Å². The van der Waals surface area contributed by atoms with E-state index in [9.17, 15) is 9.18 Å². The average Bonchev–Trinajstić information content (AvgIpc) is 2.98. The number of hydrogen-bond donors (Lipinski definition) is 2. The van der Waals surface area contributed by atoms with E-state index in [1.165, 1.54) is 6.07 Å². The van der Waals surface area contributed by atoms with Crippen LogP contribution in [0.3, 0.4) is 0 Å². The summed E-state index contributed by atoms with van der Waals surface area (Å²) < 4.78 is 16.6. The van der Waals surface area contributed by atoms with E-state index < -0.39 is 17.3 Å². The molecule has 1 aromatic heterocycles. The molecule has 29 heavy (non-hydrogen) atoms. The van der Waals surface area contributed by atoms with Crippen LogP contribution in [0.4, 0.5) is 10.1 Å². The lowest BCUT2D eigenvalue weighted by atomic mass is 9.92. The van der Waals surface area contributed by atoms with Gasteiger partial charge < -0.3 is 15.6 Å². The second-order valence-electron chi connectivity index (χ2n) is 7.62. The van der Waals surface area contributed by atoms with Crippen molar-refractivity contribution < 1.29 is 9.18 Å². The second kappa shape index (κ2) is 7.75. The quantitative estimate of drug-likeness (QED) is 0.709. The standard InChI is InChI=1S/C22H24FN5O/c1-22(24,16-8-4-2-5-9-16)21(29)25-18-14-15(11-12-17(18)23)20-27-26-19-10-6-3-7-13-28(19)20/h2,4-5,8-9,11-12,14H,3,6-7,10,13,24H2,1H3,(H,25,29). The number of nitrogens with one attached hydrogen (secondary N) is 1. The molecule has 0 saturated carbocycles. The molecule has 1 unspecified atom stereocenters. The van der Waals surface area contributed by atoms with Crippen molar-refractivity contribution in [3.63, 3.8) is 0 Å². The van der Waals surface area contributed by atoms with Gasteiger partial charge in [-0.05, 0) is 43.5 Å². The van der Waals surface area contributed by atoms with Gasteiger partial charge in [0.1, 0.15) is 17.2 Å². The van der Waals surface area contributed by atoms with Crippen molar-refractivity contribution in [2.75, 3.05) is 5.32 Å². The van der Waals surface area contributed by atoms with E-state index >= 15 is 0 Å². The van der Waals surface area contributed by atoms with Gasteiger partial charge >= 0.3 is 0 Å². The predicted molar refractivity (Wildman–Crippen MR) is 110 cm³/mol. The maximum absolute atomic E-state index is 14.5. The number of fused-ring (bicyclic) bond motifs is 1. The Morgan fingerprint density at radius 1 is 1.14 bits per heavy atom. The first-order chi connectivity index (χ1) is 14.0. The molecule has 7 heteroatoms. The van der Waals surface area contributed by atoms with Crippen LogP contribution in [0.5, 0.6) is 0 Å². The van der Waals surface area contributed by atoms with Crippen LogP contribution in [0, 0.1) is 5.82 Å². The van der Waals surface area contributed by atoms with E-state index in [1.807, 2.05) is 18.2 Å². The Morgan fingerprint density at radius 3 is 2.72 bits per heavy atom. The van der Waals surface area contributed by atoms with E-state index in [4.69, 9.17) is 5.73 Å². The van der Waals surface area contributed by atoms with Crippen LogP contribution in [0.25, 0.3) is 11.4 Å². The van der Waals surface area contributed by atoms with Crippen LogP contribution in [0.2, 0.25) is 0 Å². The Morgan fingerprint density at radius 2 is 1.93 bits per heavy atom. The predicted octanol–water partition coefficient (Wildman–Crippen LogP) is 3.62. The molecule has 0 spiro atoms. The van der Waals surface area contributed by atoms with Gasteiger partial charge in [-0.2, -0.15) is 0 Å². The second-order valence-corrected chi connectivity index (χ2v) is 7.62. The van der Waals surface area contributed by atoms with Gasteiger partial charge in [-0.3, -0.25) is 4.79 Å². The fourth-order valence-corrected chi connectivity index (χ4v) is 3.63. The summed E-state index contributed by atoms with van der Waals surface area (Å²) in [7, 11) is 0. The molecule has 2 heterocycles. The lowest BCUT2D eigenvalue weighted by Crippen LogP contribution is -2.45. The van der Waals surface area contributed by atoms with Gasteiger partial charge in [-0.25, -0.2) is 4.39 Å². The number of amides is 1. The minimum Gasteiger partial charge on any atom is -0.322 e. The molecule has 2 aromatic carbocycles. The van der Waals surface area contributed by atoms with E-state index in [0.717, 1.165) is 38.1 Å². The fourth-order valence-electron chi connectivity index (χ4n) is 3.63. The summed E-state index contributed by atoms with van der Waals surface area (Å²) in [6.07, 6.45) is 4.20. The number of aromatic nitrogens is 3. The van der Waals surface area contributed by atoms with Gasteiger partial charge in [0.2, 0.25) is 5.91 Å². The summed E-state index contributed by atoms with van der Waals surface area (Å²) >= 11 is 0. The van der Waals surface area contributed by atoms with E-state index in [2.05, 4.69) is 20.1 Å². The number of rotatable bonds is 4. The molecule has 0 radical (unpaired) electrons. The SMILES string of the molecule is CC(N)(C(=O)Nc1cc(-c2nnc3n2CCCCC3)ccc1F)c1ccccc1. The number of nitrogens with zero attached hydrogens (tertiary/aromatic N) is 3. The molecule has 150 valence electrons. The Labute approximate surface area is 169 Å². The average molecular weight is 393 g/mol. The zero-order valence-electron chi connectivity index (χ0n) is 16.4. The highest BCUT2D eigenvalue weighted by Crippen LogP contribution is 2.28. The largest absolute Gasteiger partial charge is 0.322 e. The number of carbonyl (C=O) groups is 1. The molecule has 3 aromatic rings. The third-order valence-corrected chi connectivity index (χ3v) is 5.43. The van der Waals surface area contributed by atoms with Gasteiger partial charge in [0, 0.05) is 18.5 Å². The van der Waals surface area contributed by atoms with Crippen molar-refractivity contribution in [3.05, 3.63) is 65.7 Å². The molecule has 1 atom stereocenters. The van der Waals surface area contributed by atoms with Crippen molar-refractivity contribution in [3.8, 4) is 11.4 Å². The number of carbonyl (C=O) groups excluding carboxylic acids is 1. The van der Waals surface area contributed by atoms with E-state index in [0.29, 0.717) is 17.0 Å². The lowest BCUT2D eigenvalue weighted by Gasteiger charge is -2.24. The zero-order valence-corrected chi connectivity index (χ0v) is 16.4. The summed E-state index contributed by atoms with van der Waals surface area (Å²) in [5.74, 6) is 0.628. The van der Waals surface area contributed by atoms with Gasteiger partial charge in [-0.1, -0.05) is 36.8 Å². The van der Waals surface area contributed by atoms with Crippen molar-refractivity contribution in [2.45, 2.75) is 44.7 Å². The Hall–Kier alpha value is -3.06. The summed E-state index contributed by atoms with van der Waals surface area (Å²) in [6.45, 7) is 2.45. The number of benzene rings is 2. The smallest absolute Gasteiger partial charge is 0.248 e. The van der Waals surface area contributed by atoms with Crippen LogP contribution in [0.15, 0.2) is 48.5 Å². The molecule has 4 rings (SSSR count). The first-order valence-electron chi connectivity index (χ1n) is 9.84. The highest BCUT2D eigenvalue weighted by atomic mass is 19.1. The van der Waals surface area contributed by atoms with Crippen LogP contribution in [-0.2, 0) is 23.3 Å². The third kappa shape index (κ3) is 3.78. The highest BCUT2D eigenvalue weighted by molar-refractivity contribution is 5.98. The molecule has 1 aliphatic heterocycles. The Bertz CT molecular complexity index is 1030. The minimum absolute atomic E-state index is 0.0751. The molecule has 3 N–H and O–H groups in total. The van der Waals surface area contributed by atoms with Gasteiger partial charge in [0.05, 0.1) is 5.69 Å². The molecule has 1 amide bonds. The normalized spacial score (nSPS) is 15.8. The molecule has 0 aliphatic carbocycles. The highest BCUT2D eigenvalue weighted by Gasteiger charge is 2.31. The molecule has 0 fully saturated rings. The topological polar surface area (TPSA) is 85.8 Å². The number of hydrogen-bond acceptors (Lipinski definition) is 4. The van der Waals surface area contributed by atoms with Crippen molar-refractivity contribution in [1.82, 2.24) is 14.8 Å². The maximum atomic E-state index is 14.5. The number of halogens is 1. The summed E-state index contributed by atoms with van der Waals surface area (Å²) in [5.41, 5.74) is 6.40. The minimum atomic E-state index is -1.30. The van der Waals surface area contributed by atoms with E-state index in [-0.39, 0.29) is 5.69 Å². The van der Waals surface area contributed by atoms with Crippen molar-refractivity contribution in [2.24, 2.45) is 5.73 Å². The summed E-state index contributed by atoms with van der Waals surface area (Å²) in [4.78, 5) is 12.8. The summed E-state index contributed by atoms with van der Waals surface area (Å²) in [5, 5.41) is 11.3. The number of anilines is 1. The zero-order chi connectivity index (χ0) is 20.4. The molecular formula is C22H24FN5O. The van der Waals surface area contributed by atoms with Crippen LogP contribution in [-0.4, -0.2) is 20.7 Å². The Balaban J connectivity index is 1.63. The fraction of sp³-hybridized carbons (Fsp3) is 0.318. The first kappa shape index (κ1) is 19.3. The van der Waals surface area contributed by atoms with Crippen LogP contribution in [0.1, 0.15) is 37.6 Å². The Kier molecular flexibility index (Phi) is 5.15. The first-order valence-corrected chi connectivity index (χ1v) is 9.84. The maximum Gasteiger partial charge on any atom is 0.248 e. The van der Waals surface area contributed by atoms with E-state index in [1.54, 1.807) is 31.2 Å². The van der Waals surface area contributed by atoms with Crippen molar-refractivity contribution >= 4 is 11.6 Å². The monoisotopic (exact) mass is 393 g/mol. The van der Waals surface area contributed by atoms with Crippen molar-refractivity contribution in [1.29, 1.82) is 0 Å².